The number of aromatic nitrogens is 4. The first-order valence-electron chi connectivity index (χ1n) is 8.51. The van der Waals surface area contributed by atoms with Crippen molar-refractivity contribution in [1.82, 2.24) is 20.2 Å². The zero-order chi connectivity index (χ0) is 18.6. The Morgan fingerprint density at radius 1 is 0.926 bits per heavy atom. The van der Waals surface area contributed by atoms with E-state index in [0.29, 0.717) is 5.56 Å². The Morgan fingerprint density at radius 3 is 2.33 bits per heavy atom. The van der Waals surface area contributed by atoms with Crippen LogP contribution in [-0.2, 0) is 0 Å². The van der Waals surface area contributed by atoms with Gasteiger partial charge in [-0.2, -0.15) is 0 Å². The average molecular weight is 355 g/mol. The number of carbonyl (C=O) groups excluding carboxylic acids is 1. The third-order valence-corrected chi connectivity index (χ3v) is 4.30. The number of nitrogens with one attached hydrogen (secondary N) is 1. The number of tetrazole rings is 1. The largest absolute Gasteiger partial charge is 0.322 e. The highest BCUT2D eigenvalue weighted by atomic mass is 16.1. The van der Waals surface area contributed by atoms with Gasteiger partial charge in [-0.25, -0.2) is 4.68 Å². The van der Waals surface area contributed by atoms with E-state index in [2.05, 4.69) is 20.8 Å². The first kappa shape index (κ1) is 16.7. The summed E-state index contributed by atoms with van der Waals surface area (Å²) in [5.41, 5.74) is 5.36. The number of nitrogens with zero attached hydrogens (tertiary/aromatic N) is 4. The van der Waals surface area contributed by atoms with Gasteiger partial charge in [-0.1, -0.05) is 42.5 Å². The maximum Gasteiger partial charge on any atom is 0.255 e. The fourth-order valence-electron chi connectivity index (χ4n) is 2.91. The lowest BCUT2D eigenvalue weighted by Crippen LogP contribution is -2.12. The summed E-state index contributed by atoms with van der Waals surface area (Å²) in [6.07, 6.45) is 1.54. The van der Waals surface area contributed by atoms with Gasteiger partial charge in [-0.15, -0.1) is 5.10 Å². The summed E-state index contributed by atoms with van der Waals surface area (Å²) in [7, 11) is 0. The molecule has 3 aromatic carbocycles. The van der Waals surface area contributed by atoms with Crippen LogP contribution in [0.5, 0.6) is 0 Å². The van der Waals surface area contributed by atoms with E-state index in [9.17, 15) is 4.79 Å². The van der Waals surface area contributed by atoms with Crippen molar-refractivity contribution in [2.24, 2.45) is 0 Å². The van der Waals surface area contributed by atoms with Gasteiger partial charge >= 0.3 is 0 Å². The molecule has 132 valence electrons. The number of hydrogen-bond donors (Lipinski definition) is 1. The van der Waals surface area contributed by atoms with Crippen molar-refractivity contribution < 1.29 is 4.79 Å². The minimum absolute atomic E-state index is 0.149. The van der Waals surface area contributed by atoms with Gasteiger partial charge < -0.3 is 5.32 Å². The zero-order valence-electron chi connectivity index (χ0n) is 14.7. The molecule has 4 aromatic rings. The fourth-order valence-corrected chi connectivity index (χ4v) is 2.91. The third kappa shape index (κ3) is 3.59. The van der Waals surface area contributed by atoms with Crippen LogP contribution in [0.2, 0.25) is 0 Å². The molecule has 0 saturated heterocycles. The van der Waals surface area contributed by atoms with Crippen LogP contribution in [0.3, 0.4) is 0 Å². The maximum atomic E-state index is 12.5. The molecule has 27 heavy (non-hydrogen) atoms. The Hall–Kier alpha value is -3.80. The van der Waals surface area contributed by atoms with E-state index in [0.717, 1.165) is 28.1 Å². The molecule has 0 saturated carbocycles. The predicted molar refractivity (Wildman–Crippen MR) is 104 cm³/mol. The Balaban J connectivity index is 1.50. The van der Waals surface area contributed by atoms with Crippen LogP contribution in [0.4, 0.5) is 5.69 Å². The molecule has 0 atom stereocenters. The number of carbonyl (C=O) groups is 1. The standard InChI is InChI=1S/C21H17N5O/c1-15-13-19(11-12-20(15)26-14-22-24-25-26)23-21(27)18-9-7-17(8-10-18)16-5-3-2-4-6-16/h2-14H,1H3,(H,23,27). The molecule has 0 spiro atoms. The summed E-state index contributed by atoms with van der Waals surface area (Å²) in [5, 5.41) is 14.1. The van der Waals surface area contributed by atoms with Crippen molar-refractivity contribution in [3.63, 3.8) is 0 Å². The van der Waals surface area contributed by atoms with Gasteiger partial charge in [-0.05, 0) is 64.4 Å². The molecule has 0 aliphatic rings. The van der Waals surface area contributed by atoms with Crippen LogP contribution in [0.1, 0.15) is 15.9 Å². The molecule has 0 aliphatic heterocycles. The third-order valence-electron chi connectivity index (χ3n) is 4.30. The lowest BCUT2D eigenvalue weighted by atomic mass is 10.0. The van der Waals surface area contributed by atoms with Crippen molar-refractivity contribution in [3.05, 3.63) is 90.3 Å². The van der Waals surface area contributed by atoms with Crippen LogP contribution in [0.15, 0.2) is 79.1 Å². The van der Waals surface area contributed by atoms with E-state index in [-0.39, 0.29) is 5.91 Å². The van der Waals surface area contributed by atoms with E-state index in [4.69, 9.17) is 0 Å². The zero-order valence-corrected chi connectivity index (χ0v) is 14.7. The summed E-state index contributed by atoms with van der Waals surface area (Å²) < 4.78 is 1.59. The Bertz CT molecular complexity index is 1060. The molecule has 1 amide bonds. The number of amides is 1. The molecule has 1 N–H and O–H groups in total. The summed E-state index contributed by atoms with van der Waals surface area (Å²) in [6, 6.07) is 23.3. The van der Waals surface area contributed by atoms with E-state index < -0.39 is 0 Å². The Kier molecular flexibility index (Phi) is 4.45. The van der Waals surface area contributed by atoms with Gasteiger partial charge in [-0.3, -0.25) is 4.79 Å². The van der Waals surface area contributed by atoms with Crippen molar-refractivity contribution in [3.8, 4) is 16.8 Å². The van der Waals surface area contributed by atoms with Gasteiger partial charge in [0.05, 0.1) is 5.69 Å². The second kappa shape index (κ2) is 7.21. The highest BCUT2D eigenvalue weighted by molar-refractivity contribution is 6.04. The maximum absolute atomic E-state index is 12.5. The van der Waals surface area contributed by atoms with E-state index >= 15 is 0 Å². The van der Waals surface area contributed by atoms with Crippen LogP contribution in [0.25, 0.3) is 16.8 Å². The highest BCUT2D eigenvalue weighted by Gasteiger charge is 2.09. The average Bonchev–Trinajstić information content (AvgIpc) is 3.23. The predicted octanol–water partition coefficient (Wildman–Crippen LogP) is 3.89. The van der Waals surface area contributed by atoms with Crippen LogP contribution < -0.4 is 5.32 Å². The second-order valence-corrected chi connectivity index (χ2v) is 6.15. The molecule has 0 fully saturated rings. The fraction of sp³-hybridized carbons (Fsp3) is 0.0476. The van der Waals surface area contributed by atoms with Crippen LogP contribution >= 0.6 is 0 Å². The highest BCUT2D eigenvalue weighted by Crippen LogP contribution is 2.21. The number of hydrogen-bond acceptors (Lipinski definition) is 4. The molecule has 0 aliphatic carbocycles. The van der Waals surface area contributed by atoms with Gasteiger partial charge in [0.1, 0.15) is 6.33 Å². The van der Waals surface area contributed by atoms with Crippen LogP contribution in [-0.4, -0.2) is 26.1 Å². The molecule has 0 bridgehead atoms. The quantitative estimate of drug-likeness (QED) is 0.603. The SMILES string of the molecule is Cc1cc(NC(=O)c2ccc(-c3ccccc3)cc2)ccc1-n1cnnn1. The van der Waals surface area contributed by atoms with Crippen LogP contribution in [0, 0.1) is 6.92 Å². The molecule has 6 heteroatoms. The summed E-state index contributed by atoms with van der Waals surface area (Å²) in [6.45, 7) is 1.95. The molecule has 4 rings (SSSR count). The number of benzene rings is 3. The first-order chi connectivity index (χ1) is 13.2. The van der Waals surface area contributed by atoms with Gasteiger partial charge in [0, 0.05) is 11.3 Å². The molecule has 1 heterocycles. The van der Waals surface area contributed by atoms with Crippen molar-refractivity contribution >= 4 is 11.6 Å². The first-order valence-corrected chi connectivity index (χ1v) is 8.51. The van der Waals surface area contributed by atoms with Gasteiger partial charge in [0.2, 0.25) is 0 Å². The normalized spacial score (nSPS) is 10.6. The summed E-state index contributed by atoms with van der Waals surface area (Å²) in [4.78, 5) is 12.5. The Labute approximate surface area is 156 Å². The monoisotopic (exact) mass is 355 g/mol. The lowest BCUT2D eigenvalue weighted by molar-refractivity contribution is 0.102. The molecule has 0 radical (unpaired) electrons. The second-order valence-electron chi connectivity index (χ2n) is 6.15. The van der Waals surface area contributed by atoms with Crippen molar-refractivity contribution in [2.75, 3.05) is 5.32 Å². The minimum atomic E-state index is -0.149. The van der Waals surface area contributed by atoms with Crippen molar-refractivity contribution in [2.45, 2.75) is 6.92 Å². The number of aryl methyl sites for hydroxylation is 1. The minimum Gasteiger partial charge on any atom is -0.322 e. The summed E-state index contributed by atoms with van der Waals surface area (Å²) in [5.74, 6) is -0.149. The van der Waals surface area contributed by atoms with Crippen molar-refractivity contribution in [1.29, 1.82) is 0 Å². The van der Waals surface area contributed by atoms with Gasteiger partial charge in [0.25, 0.3) is 5.91 Å². The Morgan fingerprint density at radius 2 is 1.67 bits per heavy atom. The topological polar surface area (TPSA) is 72.7 Å². The molecular formula is C21H17N5O. The number of anilines is 1. The smallest absolute Gasteiger partial charge is 0.255 e. The number of rotatable bonds is 4. The summed E-state index contributed by atoms with van der Waals surface area (Å²) >= 11 is 0. The van der Waals surface area contributed by atoms with Gasteiger partial charge in [0.15, 0.2) is 0 Å². The van der Waals surface area contributed by atoms with E-state index in [1.54, 1.807) is 4.68 Å². The van der Waals surface area contributed by atoms with E-state index in [1.807, 2.05) is 79.7 Å². The molecule has 1 aromatic heterocycles. The molecule has 6 nitrogen and oxygen atoms in total. The molecular weight excluding hydrogens is 338 g/mol. The van der Waals surface area contributed by atoms with E-state index in [1.165, 1.54) is 6.33 Å². The lowest BCUT2D eigenvalue weighted by Gasteiger charge is -2.10. The molecule has 0 unspecified atom stereocenters.